The molecule has 0 aromatic rings. The van der Waals surface area contributed by atoms with Crippen molar-refractivity contribution in [1.82, 2.24) is 9.80 Å². The van der Waals surface area contributed by atoms with E-state index in [-0.39, 0.29) is 17.9 Å². The van der Waals surface area contributed by atoms with E-state index in [2.05, 4.69) is 0 Å². The second-order valence-corrected chi connectivity index (χ2v) is 5.97. The van der Waals surface area contributed by atoms with Crippen molar-refractivity contribution >= 4 is 12.0 Å². The normalized spacial score (nSPS) is 17.5. The predicted molar refractivity (Wildman–Crippen MR) is 69.2 cm³/mol. The van der Waals surface area contributed by atoms with Gasteiger partial charge in [0, 0.05) is 33.1 Å². The summed E-state index contributed by atoms with van der Waals surface area (Å²) in [7, 11) is 3.53. The first-order valence-electron chi connectivity index (χ1n) is 6.40. The van der Waals surface area contributed by atoms with Gasteiger partial charge >= 0.3 is 6.09 Å². The van der Waals surface area contributed by atoms with E-state index in [4.69, 9.17) is 4.74 Å². The maximum atomic E-state index is 11.8. The molecule has 5 heteroatoms. The number of amides is 2. The zero-order valence-corrected chi connectivity index (χ0v) is 12.0. The topological polar surface area (TPSA) is 49.9 Å². The van der Waals surface area contributed by atoms with E-state index in [1.165, 1.54) is 0 Å². The van der Waals surface area contributed by atoms with Crippen LogP contribution >= 0.6 is 0 Å². The summed E-state index contributed by atoms with van der Waals surface area (Å²) in [5, 5.41) is 0. The van der Waals surface area contributed by atoms with Gasteiger partial charge in [0.25, 0.3) is 0 Å². The van der Waals surface area contributed by atoms with Crippen LogP contribution in [0.4, 0.5) is 4.79 Å². The van der Waals surface area contributed by atoms with Gasteiger partial charge in [0.1, 0.15) is 5.60 Å². The Morgan fingerprint density at radius 1 is 1.17 bits per heavy atom. The standard InChI is InChI=1S/C13H24N2O3/c1-13(2,3)18-12(17)15-8-6-10(7-9-15)11(16)14(4)5/h10H,6-9H2,1-5H3. The SMILES string of the molecule is CN(C)C(=O)C1CCN(C(=O)OC(C)(C)C)CC1. The van der Waals surface area contributed by atoms with Gasteiger partial charge in [0.15, 0.2) is 0 Å². The van der Waals surface area contributed by atoms with Gasteiger partial charge in [-0.1, -0.05) is 0 Å². The Kier molecular flexibility index (Phi) is 4.59. The van der Waals surface area contributed by atoms with Crippen LogP contribution in [-0.4, -0.2) is 54.6 Å². The number of hydrogen-bond donors (Lipinski definition) is 0. The lowest BCUT2D eigenvalue weighted by molar-refractivity contribution is -0.134. The van der Waals surface area contributed by atoms with E-state index in [0.717, 1.165) is 12.8 Å². The van der Waals surface area contributed by atoms with Gasteiger partial charge in [-0.2, -0.15) is 0 Å². The van der Waals surface area contributed by atoms with Crippen LogP contribution in [0, 0.1) is 5.92 Å². The van der Waals surface area contributed by atoms with Crippen molar-refractivity contribution in [2.45, 2.75) is 39.2 Å². The Morgan fingerprint density at radius 3 is 2.06 bits per heavy atom. The molecule has 18 heavy (non-hydrogen) atoms. The summed E-state index contributed by atoms with van der Waals surface area (Å²) in [5.41, 5.74) is -0.465. The third-order valence-corrected chi connectivity index (χ3v) is 2.94. The van der Waals surface area contributed by atoms with E-state index in [1.807, 2.05) is 20.8 Å². The fourth-order valence-electron chi connectivity index (χ4n) is 2.00. The molecule has 0 N–H and O–H groups in total. The summed E-state index contributed by atoms with van der Waals surface area (Å²) in [6.45, 7) is 6.76. The predicted octanol–water partition coefficient (Wildman–Crippen LogP) is 1.72. The highest BCUT2D eigenvalue weighted by Gasteiger charge is 2.30. The number of rotatable bonds is 1. The number of nitrogens with zero attached hydrogens (tertiary/aromatic N) is 2. The number of piperidine rings is 1. The van der Waals surface area contributed by atoms with E-state index in [1.54, 1.807) is 23.9 Å². The van der Waals surface area contributed by atoms with Crippen LogP contribution in [0.5, 0.6) is 0 Å². The molecule has 1 aliphatic heterocycles. The summed E-state index contributed by atoms with van der Waals surface area (Å²) in [5.74, 6) is 0.192. The molecule has 5 nitrogen and oxygen atoms in total. The molecule has 0 aromatic carbocycles. The second kappa shape index (κ2) is 5.59. The van der Waals surface area contributed by atoms with E-state index in [0.29, 0.717) is 13.1 Å². The lowest BCUT2D eigenvalue weighted by atomic mass is 9.96. The van der Waals surface area contributed by atoms with Crippen LogP contribution in [0.2, 0.25) is 0 Å². The van der Waals surface area contributed by atoms with Crippen molar-refractivity contribution in [2.75, 3.05) is 27.2 Å². The zero-order valence-electron chi connectivity index (χ0n) is 12.0. The molecule has 0 aliphatic carbocycles. The van der Waals surface area contributed by atoms with Gasteiger partial charge in [-0.05, 0) is 33.6 Å². The van der Waals surface area contributed by atoms with E-state index in [9.17, 15) is 9.59 Å². The Balaban J connectivity index is 2.44. The number of carbonyl (C=O) groups is 2. The summed E-state index contributed by atoms with van der Waals surface area (Å²) in [6, 6.07) is 0. The Bertz CT molecular complexity index is 313. The average Bonchev–Trinajstić information content (AvgIpc) is 2.26. The first-order chi connectivity index (χ1) is 8.20. The highest BCUT2D eigenvalue weighted by molar-refractivity contribution is 5.78. The first kappa shape index (κ1) is 14.8. The Hall–Kier alpha value is -1.26. The molecule has 0 spiro atoms. The van der Waals surface area contributed by atoms with Gasteiger partial charge < -0.3 is 14.5 Å². The quantitative estimate of drug-likeness (QED) is 0.718. The monoisotopic (exact) mass is 256 g/mol. The van der Waals surface area contributed by atoms with Crippen molar-refractivity contribution < 1.29 is 14.3 Å². The molecular formula is C13H24N2O3. The van der Waals surface area contributed by atoms with Crippen molar-refractivity contribution in [3.8, 4) is 0 Å². The molecule has 0 saturated carbocycles. The van der Waals surface area contributed by atoms with Crippen molar-refractivity contribution in [2.24, 2.45) is 5.92 Å². The third-order valence-electron chi connectivity index (χ3n) is 2.94. The number of ether oxygens (including phenoxy) is 1. The van der Waals surface area contributed by atoms with Gasteiger partial charge in [-0.3, -0.25) is 4.79 Å². The fourth-order valence-corrected chi connectivity index (χ4v) is 2.00. The number of hydrogen-bond acceptors (Lipinski definition) is 3. The largest absolute Gasteiger partial charge is 0.444 e. The Morgan fingerprint density at radius 2 is 1.67 bits per heavy atom. The van der Waals surface area contributed by atoms with Crippen molar-refractivity contribution in [3.63, 3.8) is 0 Å². The second-order valence-electron chi connectivity index (χ2n) is 5.97. The minimum absolute atomic E-state index is 0.0405. The highest BCUT2D eigenvalue weighted by atomic mass is 16.6. The van der Waals surface area contributed by atoms with Crippen LogP contribution in [0.15, 0.2) is 0 Å². The summed E-state index contributed by atoms with van der Waals surface area (Å²) in [4.78, 5) is 26.9. The Labute approximate surface area is 109 Å². The molecule has 0 unspecified atom stereocenters. The number of likely N-dealkylation sites (tertiary alicyclic amines) is 1. The molecule has 1 fully saturated rings. The minimum atomic E-state index is -0.465. The van der Waals surface area contributed by atoms with Crippen LogP contribution in [0.1, 0.15) is 33.6 Å². The fraction of sp³-hybridized carbons (Fsp3) is 0.846. The molecule has 0 radical (unpaired) electrons. The molecule has 1 aliphatic rings. The van der Waals surface area contributed by atoms with Crippen molar-refractivity contribution in [1.29, 1.82) is 0 Å². The summed E-state index contributed by atoms with van der Waals surface area (Å²) >= 11 is 0. The molecule has 0 aromatic heterocycles. The molecule has 0 atom stereocenters. The van der Waals surface area contributed by atoms with Gasteiger partial charge in [-0.15, -0.1) is 0 Å². The average molecular weight is 256 g/mol. The lowest BCUT2D eigenvalue weighted by Gasteiger charge is -2.33. The zero-order chi connectivity index (χ0) is 13.9. The number of carbonyl (C=O) groups excluding carboxylic acids is 2. The van der Waals surface area contributed by atoms with E-state index < -0.39 is 5.60 Å². The van der Waals surface area contributed by atoms with Gasteiger partial charge in [0.05, 0.1) is 0 Å². The maximum Gasteiger partial charge on any atom is 0.410 e. The van der Waals surface area contributed by atoms with E-state index >= 15 is 0 Å². The van der Waals surface area contributed by atoms with Crippen LogP contribution in [-0.2, 0) is 9.53 Å². The maximum absolute atomic E-state index is 11.8. The van der Waals surface area contributed by atoms with Crippen LogP contribution in [0.3, 0.4) is 0 Å². The smallest absolute Gasteiger partial charge is 0.410 e. The molecule has 0 bridgehead atoms. The lowest BCUT2D eigenvalue weighted by Crippen LogP contribution is -2.44. The summed E-state index contributed by atoms with van der Waals surface area (Å²) in [6.07, 6.45) is 1.16. The van der Waals surface area contributed by atoms with Gasteiger partial charge in [0.2, 0.25) is 5.91 Å². The highest BCUT2D eigenvalue weighted by Crippen LogP contribution is 2.20. The molecule has 2 amide bonds. The molecular weight excluding hydrogens is 232 g/mol. The third kappa shape index (κ3) is 4.20. The molecule has 104 valence electrons. The minimum Gasteiger partial charge on any atom is -0.444 e. The van der Waals surface area contributed by atoms with Gasteiger partial charge in [-0.25, -0.2) is 4.79 Å². The van der Waals surface area contributed by atoms with Crippen molar-refractivity contribution in [3.05, 3.63) is 0 Å². The van der Waals surface area contributed by atoms with Crippen LogP contribution < -0.4 is 0 Å². The molecule has 1 heterocycles. The molecule has 1 saturated heterocycles. The summed E-state index contributed by atoms with van der Waals surface area (Å²) < 4.78 is 5.31. The van der Waals surface area contributed by atoms with Crippen LogP contribution in [0.25, 0.3) is 0 Å². The first-order valence-corrected chi connectivity index (χ1v) is 6.40. The molecule has 1 rings (SSSR count).